The van der Waals surface area contributed by atoms with E-state index in [1.807, 2.05) is 22.2 Å². The summed E-state index contributed by atoms with van der Waals surface area (Å²) in [5.41, 5.74) is 11.1. The van der Waals surface area contributed by atoms with E-state index in [2.05, 4.69) is 52.0 Å². The highest BCUT2D eigenvalue weighted by atomic mass is 16.5. The minimum absolute atomic E-state index is 0.0898. The summed E-state index contributed by atoms with van der Waals surface area (Å²) in [6, 6.07) is 11.7. The van der Waals surface area contributed by atoms with Crippen LogP contribution in [-0.2, 0) is 30.9 Å². The van der Waals surface area contributed by atoms with E-state index in [0.29, 0.717) is 19.5 Å². The summed E-state index contributed by atoms with van der Waals surface area (Å²) in [4.78, 5) is 67.6. The summed E-state index contributed by atoms with van der Waals surface area (Å²) < 4.78 is 9.46. The Hall–Kier alpha value is -5.46. The Morgan fingerprint density at radius 2 is 1.36 bits per heavy atom. The first-order valence-electron chi connectivity index (χ1n) is 21.5. The maximum Gasteiger partial charge on any atom is 0.407 e. The second-order valence-corrected chi connectivity index (χ2v) is 17.0. The molecule has 59 heavy (non-hydrogen) atoms. The summed E-state index contributed by atoms with van der Waals surface area (Å²) in [6.07, 6.45) is 16.0. The van der Waals surface area contributed by atoms with Crippen LogP contribution in [0.4, 0.5) is 9.59 Å². The molecule has 1 aromatic heterocycles. The zero-order valence-corrected chi connectivity index (χ0v) is 34.8. The summed E-state index contributed by atoms with van der Waals surface area (Å²) in [5, 5.41) is 5.26. The van der Waals surface area contributed by atoms with Gasteiger partial charge < -0.3 is 34.9 Å². The number of nitrogens with zero attached hydrogens (tertiary/aromatic N) is 4. The Balaban J connectivity index is 1.02. The summed E-state index contributed by atoms with van der Waals surface area (Å²) in [6.45, 7) is 4.65. The van der Waals surface area contributed by atoms with Crippen LogP contribution in [0, 0.1) is 0 Å². The van der Waals surface area contributed by atoms with Crippen LogP contribution < -0.4 is 10.6 Å². The van der Waals surface area contributed by atoms with Crippen molar-refractivity contribution in [2.45, 2.75) is 127 Å². The molecule has 4 heterocycles. The van der Waals surface area contributed by atoms with Crippen molar-refractivity contribution in [2.24, 2.45) is 4.99 Å². The standard InChI is InChI=1S/C46H57N7O6/c1-28(49-44(56)58-3)42(54)52-23-9-5-11-38(52)36-25-32(26-47-36)33-17-18-34(40-35(33)19-22-46(40)20-7-8-21-46)30-13-15-31(16-14-30)37-27-48-41(51-37)39-12-6-10-24-53(39)43(55)29(2)50-45(57)59-4/h13-18,26-29,38-39H,5-12,19-25H2,1-4H3,(H,48,51)(H,49,56)(H,50,57)/t28-,29-,38-,39-/m0/s1. The number of methoxy groups -OCH3 is 2. The Morgan fingerprint density at radius 3 is 2.00 bits per heavy atom. The number of rotatable bonds is 9. The van der Waals surface area contributed by atoms with Gasteiger partial charge in [0.05, 0.1) is 38.2 Å². The second-order valence-electron chi connectivity index (χ2n) is 17.0. The minimum atomic E-state index is -0.706. The third-order valence-corrected chi connectivity index (χ3v) is 13.5. The number of allylic oxidation sites excluding steroid dienone is 1. The van der Waals surface area contributed by atoms with E-state index >= 15 is 0 Å². The lowest BCUT2D eigenvalue weighted by Gasteiger charge is -2.37. The lowest BCUT2D eigenvalue weighted by molar-refractivity contribution is -0.137. The molecule has 4 atom stereocenters. The number of aliphatic imine (C=N–C) groups is 1. The fraction of sp³-hybridized carbons (Fsp3) is 0.522. The SMILES string of the molecule is COC(=O)N[C@@H](C)C(=O)N1CCCC[C@H]1C1=NC=C(c2ccc(-c3ccc(-c4cnc([C@@H]5CCCCN5C(=O)[C@H](C)NC(=O)OC)[nH]4)cc3)c3c2CCC32CCCC2)C1. The van der Waals surface area contributed by atoms with E-state index in [4.69, 9.17) is 19.5 Å². The molecule has 4 amide bonds. The van der Waals surface area contributed by atoms with Gasteiger partial charge >= 0.3 is 12.2 Å². The number of fused-ring (bicyclic) bond motifs is 2. The minimum Gasteiger partial charge on any atom is -0.453 e. The van der Waals surface area contributed by atoms with E-state index in [1.54, 1.807) is 13.8 Å². The number of likely N-dealkylation sites (tertiary alicyclic amines) is 2. The lowest BCUT2D eigenvalue weighted by atomic mass is 9.76. The normalized spacial score (nSPS) is 22.0. The molecule has 1 spiro atoms. The first-order chi connectivity index (χ1) is 28.6. The average molecular weight is 804 g/mol. The fourth-order valence-electron chi connectivity index (χ4n) is 10.5. The van der Waals surface area contributed by atoms with E-state index in [1.165, 1.54) is 73.3 Å². The first-order valence-corrected chi connectivity index (χ1v) is 21.5. The van der Waals surface area contributed by atoms with Crippen molar-refractivity contribution in [3.8, 4) is 22.4 Å². The van der Waals surface area contributed by atoms with E-state index in [9.17, 15) is 19.2 Å². The van der Waals surface area contributed by atoms with Crippen molar-refractivity contribution in [3.05, 3.63) is 71.3 Å². The monoisotopic (exact) mass is 803 g/mol. The zero-order chi connectivity index (χ0) is 41.3. The number of H-pyrrole nitrogens is 1. The van der Waals surface area contributed by atoms with Crippen LogP contribution in [0.3, 0.4) is 0 Å². The Morgan fingerprint density at radius 1 is 0.763 bits per heavy atom. The molecule has 3 fully saturated rings. The number of imidazole rings is 1. The number of nitrogens with one attached hydrogen (secondary N) is 3. The molecule has 312 valence electrons. The number of aromatic amines is 1. The van der Waals surface area contributed by atoms with E-state index in [-0.39, 0.29) is 29.3 Å². The quantitative estimate of drug-likeness (QED) is 0.201. The molecule has 1 saturated carbocycles. The van der Waals surface area contributed by atoms with Gasteiger partial charge in [0.1, 0.15) is 17.9 Å². The number of carbonyl (C=O) groups is 4. The Kier molecular flexibility index (Phi) is 11.6. The largest absolute Gasteiger partial charge is 0.453 e. The number of benzene rings is 2. The molecule has 0 unspecified atom stereocenters. The molecule has 2 aromatic carbocycles. The maximum absolute atomic E-state index is 13.5. The van der Waals surface area contributed by atoms with Gasteiger partial charge in [-0.25, -0.2) is 14.6 Å². The molecule has 3 aliphatic heterocycles. The number of ether oxygens (including phenoxy) is 2. The van der Waals surface area contributed by atoms with Gasteiger partial charge in [0.25, 0.3) is 0 Å². The van der Waals surface area contributed by atoms with Gasteiger partial charge in [0.15, 0.2) is 0 Å². The number of hydrogen-bond acceptors (Lipinski definition) is 8. The summed E-state index contributed by atoms with van der Waals surface area (Å²) in [7, 11) is 2.59. The van der Waals surface area contributed by atoms with Gasteiger partial charge in [-0.1, -0.05) is 49.2 Å². The molecule has 3 aromatic rings. The van der Waals surface area contributed by atoms with Crippen molar-refractivity contribution < 1.29 is 28.7 Å². The van der Waals surface area contributed by atoms with Crippen LogP contribution in [0.5, 0.6) is 0 Å². The molecule has 2 aliphatic carbocycles. The molecule has 0 bridgehead atoms. The number of alkyl carbamates (subject to hydrolysis) is 2. The van der Waals surface area contributed by atoms with Crippen molar-refractivity contribution >= 4 is 35.3 Å². The van der Waals surface area contributed by atoms with E-state index < -0.39 is 24.3 Å². The number of carbonyl (C=O) groups excluding carboxylic acids is 4. The third kappa shape index (κ3) is 7.88. The molecular formula is C46H57N7O6. The van der Waals surface area contributed by atoms with Crippen molar-refractivity contribution in [3.63, 3.8) is 0 Å². The van der Waals surface area contributed by atoms with Crippen molar-refractivity contribution in [2.75, 3.05) is 27.3 Å². The second kappa shape index (κ2) is 17.0. The van der Waals surface area contributed by atoms with Crippen LogP contribution in [0.2, 0.25) is 0 Å². The summed E-state index contributed by atoms with van der Waals surface area (Å²) >= 11 is 0. The average Bonchev–Trinajstić information content (AvgIpc) is 4.12. The van der Waals surface area contributed by atoms with Crippen molar-refractivity contribution in [1.82, 2.24) is 30.4 Å². The highest BCUT2D eigenvalue weighted by molar-refractivity contribution is 6.04. The van der Waals surface area contributed by atoms with Crippen LogP contribution in [0.1, 0.15) is 119 Å². The Labute approximate surface area is 346 Å². The zero-order valence-electron chi connectivity index (χ0n) is 34.8. The molecule has 3 N–H and O–H groups in total. The number of hydrogen-bond donors (Lipinski definition) is 3. The maximum atomic E-state index is 13.5. The van der Waals surface area contributed by atoms with Gasteiger partial charge in [0, 0.05) is 31.4 Å². The predicted octanol–water partition coefficient (Wildman–Crippen LogP) is 7.61. The molecule has 5 aliphatic rings. The molecule has 2 saturated heterocycles. The molecular weight excluding hydrogens is 747 g/mol. The molecule has 8 rings (SSSR count). The van der Waals surface area contributed by atoms with Crippen LogP contribution in [-0.4, -0.2) is 94.9 Å². The molecule has 13 nitrogen and oxygen atoms in total. The third-order valence-electron chi connectivity index (χ3n) is 13.5. The number of amides is 4. The number of aromatic nitrogens is 2. The van der Waals surface area contributed by atoms with Gasteiger partial charge in [0.2, 0.25) is 11.8 Å². The van der Waals surface area contributed by atoms with Gasteiger partial charge in [-0.05, 0) is 122 Å². The van der Waals surface area contributed by atoms with Gasteiger partial charge in [-0.3, -0.25) is 14.6 Å². The van der Waals surface area contributed by atoms with Crippen LogP contribution in [0.25, 0.3) is 28.0 Å². The first kappa shape index (κ1) is 40.3. The summed E-state index contributed by atoms with van der Waals surface area (Å²) in [5.74, 6) is 0.495. The molecule has 0 radical (unpaired) electrons. The van der Waals surface area contributed by atoms with Crippen molar-refractivity contribution in [1.29, 1.82) is 0 Å². The number of piperidine rings is 2. The highest BCUT2D eigenvalue weighted by Gasteiger charge is 2.44. The van der Waals surface area contributed by atoms with Crippen LogP contribution in [0.15, 0.2) is 53.8 Å². The predicted molar refractivity (Wildman–Crippen MR) is 226 cm³/mol. The van der Waals surface area contributed by atoms with E-state index in [0.717, 1.165) is 74.2 Å². The highest BCUT2D eigenvalue weighted by Crippen LogP contribution is 2.55. The van der Waals surface area contributed by atoms with Gasteiger partial charge in [-0.15, -0.1) is 0 Å². The topological polar surface area (TPSA) is 158 Å². The smallest absolute Gasteiger partial charge is 0.407 e. The van der Waals surface area contributed by atoms with Gasteiger partial charge in [-0.2, -0.15) is 0 Å². The molecule has 13 heteroatoms. The lowest BCUT2D eigenvalue weighted by Crippen LogP contribution is -2.54. The fourth-order valence-corrected chi connectivity index (χ4v) is 10.5. The Bertz CT molecular complexity index is 2150. The van der Waals surface area contributed by atoms with Crippen LogP contribution >= 0.6 is 0 Å².